The molecular formula is C14H30N2O4S. The molecule has 1 aliphatic carbocycles. The maximum absolute atomic E-state index is 11.7. The van der Waals surface area contributed by atoms with E-state index in [1.807, 2.05) is 13.8 Å². The molecule has 7 heteroatoms. The van der Waals surface area contributed by atoms with Crippen LogP contribution >= 0.6 is 0 Å². The Morgan fingerprint density at radius 1 is 1.19 bits per heavy atom. The van der Waals surface area contributed by atoms with Crippen molar-refractivity contribution in [1.82, 2.24) is 4.72 Å². The molecule has 0 radical (unpaired) electrons. The van der Waals surface area contributed by atoms with Gasteiger partial charge in [-0.2, -0.15) is 0 Å². The zero-order chi connectivity index (χ0) is 15.7. The molecule has 1 aliphatic rings. The van der Waals surface area contributed by atoms with Crippen molar-refractivity contribution in [3.05, 3.63) is 0 Å². The van der Waals surface area contributed by atoms with E-state index in [2.05, 4.69) is 4.72 Å². The van der Waals surface area contributed by atoms with Gasteiger partial charge >= 0.3 is 0 Å². The van der Waals surface area contributed by atoms with Crippen LogP contribution in [0.25, 0.3) is 0 Å². The average Bonchev–Trinajstić information content (AvgIpc) is 2.39. The van der Waals surface area contributed by atoms with Crippen LogP contribution in [0.3, 0.4) is 0 Å². The summed E-state index contributed by atoms with van der Waals surface area (Å²) in [5.74, 6) is 0.00650. The van der Waals surface area contributed by atoms with Crippen LogP contribution in [0.15, 0.2) is 0 Å². The second kappa shape index (κ2) is 9.74. The van der Waals surface area contributed by atoms with E-state index in [1.54, 1.807) is 0 Å². The highest BCUT2D eigenvalue weighted by molar-refractivity contribution is 7.89. The summed E-state index contributed by atoms with van der Waals surface area (Å²) in [4.78, 5) is 0. The van der Waals surface area contributed by atoms with Crippen molar-refractivity contribution in [1.29, 1.82) is 0 Å². The number of sulfonamides is 1. The van der Waals surface area contributed by atoms with Gasteiger partial charge in [-0.15, -0.1) is 0 Å². The molecule has 3 N–H and O–H groups in total. The molecular weight excluding hydrogens is 292 g/mol. The van der Waals surface area contributed by atoms with Gasteiger partial charge in [0.15, 0.2) is 0 Å². The molecule has 126 valence electrons. The zero-order valence-electron chi connectivity index (χ0n) is 13.2. The number of rotatable bonds is 10. The van der Waals surface area contributed by atoms with E-state index in [0.29, 0.717) is 31.7 Å². The molecule has 0 aromatic carbocycles. The van der Waals surface area contributed by atoms with Crippen LogP contribution in [0.1, 0.15) is 46.0 Å². The van der Waals surface area contributed by atoms with Crippen LogP contribution in [0.2, 0.25) is 0 Å². The molecule has 21 heavy (non-hydrogen) atoms. The first-order chi connectivity index (χ1) is 9.89. The van der Waals surface area contributed by atoms with Crippen LogP contribution in [-0.2, 0) is 19.5 Å². The SMILES string of the molecule is CC(C)OCCS(=O)(=O)NCCCOC1CCC(N)CC1. The van der Waals surface area contributed by atoms with Crippen molar-refractivity contribution in [3.8, 4) is 0 Å². The van der Waals surface area contributed by atoms with Crippen LogP contribution in [0.4, 0.5) is 0 Å². The van der Waals surface area contributed by atoms with Gasteiger partial charge in [0.05, 0.1) is 24.6 Å². The molecule has 0 saturated heterocycles. The van der Waals surface area contributed by atoms with E-state index in [0.717, 1.165) is 25.7 Å². The van der Waals surface area contributed by atoms with E-state index in [1.165, 1.54) is 0 Å². The van der Waals surface area contributed by atoms with Crippen molar-refractivity contribution in [3.63, 3.8) is 0 Å². The Bertz CT molecular complexity index is 365. The van der Waals surface area contributed by atoms with E-state index < -0.39 is 10.0 Å². The Morgan fingerprint density at radius 2 is 1.86 bits per heavy atom. The van der Waals surface area contributed by atoms with Crippen molar-refractivity contribution in [2.75, 3.05) is 25.5 Å². The highest BCUT2D eigenvalue weighted by Gasteiger charge is 2.18. The molecule has 0 aromatic rings. The molecule has 1 rings (SSSR count). The molecule has 0 aliphatic heterocycles. The molecule has 0 unspecified atom stereocenters. The first-order valence-electron chi connectivity index (χ1n) is 7.85. The van der Waals surface area contributed by atoms with Gasteiger partial charge in [-0.05, 0) is 46.0 Å². The maximum Gasteiger partial charge on any atom is 0.213 e. The smallest absolute Gasteiger partial charge is 0.213 e. The summed E-state index contributed by atoms with van der Waals surface area (Å²) >= 11 is 0. The van der Waals surface area contributed by atoms with E-state index >= 15 is 0 Å². The van der Waals surface area contributed by atoms with Gasteiger partial charge in [-0.25, -0.2) is 13.1 Å². The third-order valence-electron chi connectivity index (χ3n) is 3.52. The summed E-state index contributed by atoms with van der Waals surface area (Å²) in [6.07, 6.45) is 5.10. The average molecular weight is 322 g/mol. The lowest BCUT2D eigenvalue weighted by Crippen LogP contribution is -2.32. The summed E-state index contributed by atoms with van der Waals surface area (Å²) in [6, 6.07) is 0.324. The molecule has 1 saturated carbocycles. The fourth-order valence-corrected chi connectivity index (χ4v) is 3.19. The Kier molecular flexibility index (Phi) is 8.73. The van der Waals surface area contributed by atoms with E-state index in [-0.39, 0.29) is 18.5 Å². The second-order valence-electron chi connectivity index (χ2n) is 5.89. The predicted molar refractivity (Wildman–Crippen MR) is 83.7 cm³/mol. The molecule has 6 nitrogen and oxygen atoms in total. The lowest BCUT2D eigenvalue weighted by Gasteiger charge is -2.26. The molecule has 1 fully saturated rings. The lowest BCUT2D eigenvalue weighted by atomic mass is 9.94. The summed E-state index contributed by atoms with van der Waals surface area (Å²) in [7, 11) is -3.24. The minimum atomic E-state index is -3.24. The monoisotopic (exact) mass is 322 g/mol. The third-order valence-corrected chi connectivity index (χ3v) is 4.87. The Balaban J connectivity index is 2.02. The minimum absolute atomic E-state index is 0.00650. The van der Waals surface area contributed by atoms with Crippen LogP contribution in [0, 0.1) is 0 Å². The fourth-order valence-electron chi connectivity index (χ4n) is 2.27. The number of hydrogen-bond donors (Lipinski definition) is 2. The number of nitrogens with two attached hydrogens (primary N) is 1. The number of ether oxygens (including phenoxy) is 2. The standard InChI is InChI=1S/C14H30N2O4S/c1-12(2)19-10-11-21(17,18)16-8-3-9-20-14-6-4-13(15)5-7-14/h12-14,16H,3-11,15H2,1-2H3. The van der Waals surface area contributed by atoms with Crippen molar-refractivity contribution in [2.24, 2.45) is 5.73 Å². The van der Waals surface area contributed by atoms with Gasteiger partial charge < -0.3 is 15.2 Å². The summed E-state index contributed by atoms with van der Waals surface area (Å²) in [5, 5.41) is 0. The minimum Gasteiger partial charge on any atom is -0.378 e. The molecule has 0 aromatic heterocycles. The van der Waals surface area contributed by atoms with Crippen molar-refractivity contribution < 1.29 is 17.9 Å². The van der Waals surface area contributed by atoms with Crippen LogP contribution in [-0.4, -0.2) is 52.2 Å². The Labute approximate surface area is 128 Å². The Morgan fingerprint density at radius 3 is 2.48 bits per heavy atom. The van der Waals surface area contributed by atoms with Crippen molar-refractivity contribution >= 4 is 10.0 Å². The molecule has 0 heterocycles. The third kappa shape index (κ3) is 9.42. The molecule has 0 atom stereocenters. The quantitative estimate of drug-likeness (QED) is 0.586. The van der Waals surface area contributed by atoms with Crippen molar-refractivity contribution in [2.45, 2.75) is 64.2 Å². The molecule has 0 spiro atoms. The Hall–Kier alpha value is -0.210. The van der Waals surface area contributed by atoms with E-state index in [4.69, 9.17) is 15.2 Å². The highest BCUT2D eigenvalue weighted by Crippen LogP contribution is 2.19. The molecule has 0 bridgehead atoms. The number of nitrogens with one attached hydrogen (secondary N) is 1. The van der Waals surface area contributed by atoms with Gasteiger partial charge in [0, 0.05) is 19.2 Å². The first-order valence-corrected chi connectivity index (χ1v) is 9.50. The number of hydrogen-bond acceptors (Lipinski definition) is 5. The fraction of sp³-hybridized carbons (Fsp3) is 1.00. The van der Waals surface area contributed by atoms with Gasteiger partial charge in [0.25, 0.3) is 0 Å². The highest BCUT2D eigenvalue weighted by atomic mass is 32.2. The van der Waals surface area contributed by atoms with Crippen LogP contribution in [0.5, 0.6) is 0 Å². The molecule has 0 amide bonds. The normalized spacial score (nSPS) is 23.6. The van der Waals surface area contributed by atoms with Gasteiger partial charge in [-0.1, -0.05) is 0 Å². The van der Waals surface area contributed by atoms with Gasteiger partial charge in [0.1, 0.15) is 0 Å². The maximum atomic E-state index is 11.7. The van der Waals surface area contributed by atoms with Gasteiger partial charge in [0.2, 0.25) is 10.0 Å². The predicted octanol–water partition coefficient (Wildman–Crippen LogP) is 1.01. The lowest BCUT2D eigenvalue weighted by molar-refractivity contribution is 0.0245. The topological polar surface area (TPSA) is 90.7 Å². The van der Waals surface area contributed by atoms with E-state index in [9.17, 15) is 8.42 Å². The van der Waals surface area contributed by atoms with Gasteiger partial charge in [-0.3, -0.25) is 0 Å². The first kappa shape index (κ1) is 18.8. The second-order valence-corrected chi connectivity index (χ2v) is 7.82. The zero-order valence-corrected chi connectivity index (χ0v) is 14.0. The summed E-state index contributed by atoms with van der Waals surface area (Å²) in [6.45, 7) is 5.00. The summed E-state index contributed by atoms with van der Waals surface area (Å²) in [5.41, 5.74) is 5.84. The largest absolute Gasteiger partial charge is 0.378 e. The van der Waals surface area contributed by atoms with Crippen LogP contribution < -0.4 is 10.5 Å². The summed E-state index contributed by atoms with van der Waals surface area (Å²) < 4.78 is 36.9.